The highest BCUT2D eigenvalue weighted by Gasteiger charge is 2.31. The van der Waals surface area contributed by atoms with Crippen molar-refractivity contribution in [3.63, 3.8) is 0 Å². The Kier molecular flexibility index (Phi) is 5.06. The zero-order valence-corrected chi connectivity index (χ0v) is 12.7. The SMILES string of the molecule is CCC(C)C1CN(Cc2ccoc2)C(C(C)C)CN1. The Morgan fingerprint density at radius 2 is 2.21 bits per heavy atom. The first kappa shape index (κ1) is 14.6. The molecule has 0 saturated carbocycles. The Labute approximate surface area is 117 Å². The van der Waals surface area contributed by atoms with Crippen LogP contribution < -0.4 is 5.32 Å². The number of hydrogen-bond acceptors (Lipinski definition) is 3. The molecule has 0 bridgehead atoms. The third kappa shape index (κ3) is 3.61. The molecule has 1 aromatic heterocycles. The summed E-state index contributed by atoms with van der Waals surface area (Å²) in [6, 6.07) is 3.32. The molecule has 2 heterocycles. The van der Waals surface area contributed by atoms with E-state index in [1.54, 1.807) is 6.26 Å². The minimum Gasteiger partial charge on any atom is -0.472 e. The largest absolute Gasteiger partial charge is 0.472 e. The predicted molar refractivity (Wildman–Crippen MR) is 79.0 cm³/mol. The van der Waals surface area contributed by atoms with Gasteiger partial charge in [-0.05, 0) is 17.9 Å². The van der Waals surface area contributed by atoms with Gasteiger partial charge in [-0.3, -0.25) is 4.90 Å². The third-order valence-electron chi connectivity index (χ3n) is 4.56. The van der Waals surface area contributed by atoms with E-state index in [0.717, 1.165) is 25.6 Å². The van der Waals surface area contributed by atoms with Crippen LogP contribution in [-0.2, 0) is 6.54 Å². The lowest BCUT2D eigenvalue weighted by Crippen LogP contribution is -2.59. The fourth-order valence-electron chi connectivity index (χ4n) is 2.98. The van der Waals surface area contributed by atoms with Crippen LogP contribution >= 0.6 is 0 Å². The number of piperazine rings is 1. The van der Waals surface area contributed by atoms with E-state index in [2.05, 4.69) is 44.0 Å². The summed E-state index contributed by atoms with van der Waals surface area (Å²) >= 11 is 0. The van der Waals surface area contributed by atoms with E-state index in [1.165, 1.54) is 12.0 Å². The summed E-state index contributed by atoms with van der Waals surface area (Å²) in [5.41, 5.74) is 1.29. The summed E-state index contributed by atoms with van der Waals surface area (Å²) in [5.74, 6) is 1.41. The van der Waals surface area contributed by atoms with Gasteiger partial charge in [0.05, 0.1) is 12.5 Å². The van der Waals surface area contributed by atoms with Crippen molar-refractivity contribution in [2.75, 3.05) is 13.1 Å². The van der Waals surface area contributed by atoms with Crippen LogP contribution in [0.4, 0.5) is 0 Å². The van der Waals surface area contributed by atoms with Crippen molar-refractivity contribution in [1.29, 1.82) is 0 Å². The molecular weight excluding hydrogens is 236 g/mol. The minimum atomic E-state index is 0.618. The summed E-state index contributed by atoms with van der Waals surface area (Å²) in [6.07, 6.45) is 4.88. The lowest BCUT2D eigenvalue weighted by atomic mass is 9.92. The van der Waals surface area contributed by atoms with E-state index < -0.39 is 0 Å². The zero-order valence-electron chi connectivity index (χ0n) is 12.7. The molecule has 0 aromatic carbocycles. The fraction of sp³-hybridized carbons (Fsp3) is 0.750. The molecule has 3 nitrogen and oxygen atoms in total. The van der Waals surface area contributed by atoms with Gasteiger partial charge in [0.25, 0.3) is 0 Å². The maximum absolute atomic E-state index is 5.20. The number of hydrogen-bond donors (Lipinski definition) is 1. The predicted octanol–water partition coefficient (Wildman–Crippen LogP) is 3.12. The zero-order chi connectivity index (χ0) is 13.8. The molecule has 0 spiro atoms. The van der Waals surface area contributed by atoms with E-state index in [4.69, 9.17) is 4.42 Å². The van der Waals surface area contributed by atoms with Crippen molar-refractivity contribution < 1.29 is 4.42 Å². The van der Waals surface area contributed by atoms with Gasteiger partial charge in [-0.15, -0.1) is 0 Å². The monoisotopic (exact) mass is 264 g/mol. The van der Waals surface area contributed by atoms with Gasteiger partial charge in [0.2, 0.25) is 0 Å². The minimum absolute atomic E-state index is 0.618. The van der Waals surface area contributed by atoms with Crippen LogP contribution in [0.15, 0.2) is 23.0 Å². The van der Waals surface area contributed by atoms with Crippen LogP contribution in [0.25, 0.3) is 0 Å². The molecule has 1 aromatic rings. The van der Waals surface area contributed by atoms with E-state index in [0.29, 0.717) is 18.0 Å². The smallest absolute Gasteiger partial charge is 0.0947 e. The van der Waals surface area contributed by atoms with Crippen LogP contribution in [0.5, 0.6) is 0 Å². The van der Waals surface area contributed by atoms with Crippen molar-refractivity contribution in [1.82, 2.24) is 10.2 Å². The van der Waals surface area contributed by atoms with Gasteiger partial charge in [-0.1, -0.05) is 34.1 Å². The van der Waals surface area contributed by atoms with Crippen molar-refractivity contribution in [2.45, 2.75) is 52.7 Å². The Morgan fingerprint density at radius 1 is 1.42 bits per heavy atom. The molecule has 3 atom stereocenters. The van der Waals surface area contributed by atoms with Gasteiger partial charge in [-0.2, -0.15) is 0 Å². The van der Waals surface area contributed by atoms with Crippen LogP contribution in [0.2, 0.25) is 0 Å². The van der Waals surface area contributed by atoms with Gasteiger partial charge < -0.3 is 9.73 Å². The maximum Gasteiger partial charge on any atom is 0.0947 e. The average molecular weight is 264 g/mol. The fourth-order valence-corrected chi connectivity index (χ4v) is 2.98. The highest BCUT2D eigenvalue weighted by Crippen LogP contribution is 2.22. The van der Waals surface area contributed by atoms with Gasteiger partial charge in [-0.25, -0.2) is 0 Å². The summed E-state index contributed by atoms with van der Waals surface area (Å²) in [4.78, 5) is 2.63. The molecule has 108 valence electrons. The Morgan fingerprint density at radius 3 is 2.79 bits per heavy atom. The normalized spacial score (nSPS) is 26.8. The molecule has 0 amide bonds. The van der Waals surface area contributed by atoms with Gasteiger partial charge in [0.1, 0.15) is 0 Å². The molecule has 3 heteroatoms. The summed E-state index contributed by atoms with van der Waals surface area (Å²) in [5, 5.41) is 3.75. The summed E-state index contributed by atoms with van der Waals surface area (Å²) < 4.78 is 5.20. The molecule has 3 unspecified atom stereocenters. The Balaban J connectivity index is 2.04. The lowest BCUT2D eigenvalue weighted by Gasteiger charge is -2.44. The molecule has 1 fully saturated rings. The third-order valence-corrected chi connectivity index (χ3v) is 4.56. The Bertz CT molecular complexity index is 361. The summed E-state index contributed by atoms with van der Waals surface area (Å²) in [7, 11) is 0. The second-order valence-electron chi connectivity index (χ2n) is 6.27. The Hall–Kier alpha value is -0.800. The molecule has 0 aliphatic carbocycles. The van der Waals surface area contributed by atoms with Crippen molar-refractivity contribution in [3.05, 3.63) is 24.2 Å². The quantitative estimate of drug-likeness (QED) is 0.885. The lowest BCUT2D eigenvalue weighted by molar-refractivity contribution is 0.0751. The first-order chi connectivity index (χ1) is 9.11. The van der Waals surface area contributed by atoms with Gasteiger partial charge in [0.15, 0.2) is 0 Å². The molecule has 2 rings (SSSR count). The van der Waals surface area contributed by atoms with Crippen LogP contribution in [0.1, 0.15) is 39.7 Å². The number of nitrogens with zero attached hydrogens (tertiary/aromatic N) is 1. The topological polar surface area (TPSA) is 28.4 Å². The number of rotatable bonds is 5. The van der Waals surface area contributed by atoms with Crippen molar-refractivity contribution >= 4 is 0 Å². The van der Waals surface area contributed by atoms with E-state index in [9.17, 15) is 0 Å². The molecular formula is C16H28N2O. The van der Waals surface area contributed by atoms with Gasteiger partial charge in [0, 0.05) is 37.3 Å². The first-order valence-corrected chi connectivity index (χ1v) is 7.60. The van der Waals surface area contributed by atoms with Crippen LogP contribution in [0, 0.1) is 11.8 Å². The molecule has 0 radical (unpaired) electrons. The highest BCUT2D eigenvalue weighted by atomic mass is 16.3. The maximum atomic E-state index is 5.20. The molecule has 1 N–H and O–H groups in total. The van der Waals surface area contributed by atoms with E-state index >= 15 is 0 Å². The van der Waals surface area contributed by atoms with Gasteiger partial charge >= 0.3 is 0 Å². The van der Waals surface area contributed by atoms with Crippen molar-refractivity contribution in [3.8, 4) is 0 Å². The number of nitrogens with one attached hydrogen (secondary N) is 1. The average Bonchev–Trinajstić information content (AvgIpc) is 2.90. The summed E-state index contributed by atoms with van der Waals surface area (Å²) in [6.45, 7) is 12.5. The first-order valence-electron chi connectivity index (χ1n) is 7.60. The van der Waals surface area contributed by atoms with E-state index in [-0.39, 0.29) is 0 Å². The number of furan rings is 1. The molecule has 1 aliphatic rings. The van der Waals surface area contributed by atoms with Crippen molar-refractivity contribution in [2.24, 2.45) is 11.8 Å². The second kappa shape index (κ2) is 6.58. The standard InChI is InChI=1S/C16H28N2O/c1-5-13(4)15-10-18(9-14-6-7-19-11-14)16(8-17-15)12(2)3/h6-7,11-13,15-17H,5,8-10H2,1-4H3. The van der Waals surface area contributed by atoms with Crippen LogP contribution in [-0.4, -0.2) is 30.1 Å². The second-order valence-corrected chi connectivity index (χ2v) is 6.27. The molecule has 1 saturated heterocycles. The van der Waals surface area contributed by atoms with Crippen LogP contribution in [0.3, 0.4) is 0 Å². The molecule has 1 aliphatic heterocycles. The van der Waals surface area contributed by atoms with E-state index in [1.807, 2.05) is 6.26 Å². The highest BCUT2D eigenvalue weighted by molar-refractivity contribution is 5.06. The molecule has 19 heavy (non-hydrogen) atoms.